The average molecular weight is 272 g/mol. The molecule has 0 amide bonds. The first-order valence-corrected chi connectivity index (χ1v) is 7.06. The first-order valence-electron chi connectivity index (χ1n) is 5.17. The molecule has 0 aliphatic heterocycles. The van der Waals surface area contributed by atoms with Gasteiger partial charge in [-0.25, -0.2) is 13.1 Å². The van der Waals surface area contributed by atoms with Crippen LogP contribution in [0.2, 0.25) is 0 Å². The van der Waals surface area contributed by atoms with E-state index in [0.717, 1.165) is 0 Å². The Morgan fingerprint density at radius 3 is 2.47 bits per heavy atom. The van der Waals surface area contributed by atoms with Crippen LogP contribution in [0.3, 0.4) is 0 Å². The molecule has 0 bridgehead atoms. The molecule has 0 unspecified atom stereocenters. The summed E-state index contributed by atoms with van der Waals surface area (Å²) in [5.74, 6) is 0. The zero-order valence-electron chi connectivity index (χ0n) is 10.0. The van der Waals surface area contributed by atoms with E-state index in [0.29, 0.717) is 11.1 Å². The fourth-order valence-electron chi connectivity index (χ4n) is 1.42. The van der Waals surface area contributed by atoms with E-state index in [1.54, 1.807) is 32.9 Å². The van der Waals surface area contributed by atoms with Crippen LogP contribution in [0, 0.1) is 6.92 Å². The number of thiocarbonyl (C=S) groups is 1. The summed E-state index contributed by atoms with van der Waals surface area (Å²) in [4.78, 5) is 0.405. The molecule has 0 saturated heterocycles. The molecule has 94 valence electrons. The third-order valence-corrected chi connectivity index (χ3v) is 4.19. The van der Waals surface area contributed by atoms with E-state index in [1.807, 2.05) is 0 Å². The smallest absolute Gasteiger partial charge is 0.241 e. The van der Waals surface area contributed by atoms with E-state index in [1.165, 1.54) is 6.07 Å². The maximum Gasteiger partial charge on any atom is 0.241 e. The second kappa shape index (κ2) is 5.12. The van der Waals surface area contributed by atoms with Crippen LogP contribution in [0.15, 0.2) is 23.1 Å². The third-order valence-electron chi connectivity index (χ3n) is 2.15. The molecule has 3 N–H and O–H groups in total. The van der Waals surface area contributed by atoms with Crippen molar-refractivity contribution < 1.29 is 8.42 Å². The van der Waals surface area contributed by atoms with Gasteiger partial charge in [-0.3, -0.25) is 0 Å². The number of sulfonamides is 1. The lowest BCUT2D eigenvalue weighted by molar-refractivity contribution is 0.569. The normalized spacial score (nSPS) is 11.8. The molecular formula is C11H16N2O2S2. The Hall–Kier alpha value is -0.980. The highest BCUT2D eigenvalue weighted by molar-refractivity contribution is 7.89. The van der Waals surface area contributed by atoms with Gasteiger partial charge in [0.1, 0.15) is 4.99 Å². The van der Waals surface area contributed by atoms with Crippen molar-refractivity contribution in [2.24, 2.45) is 5.73 Å². The van der Waals surface area contributed by atoms with Gasteiger partial charge in [-0.05, 0) is 32.4 Å². The fraction of sp³-hybridized carbons (Fsp3) is 0.364. The molecule has 0 saturated carbocycles. The number of hydrogen-bond acceptors (Lipinski definition) is 3. The van der Waals surface area contributed by atoms with Crippen molar-refractivity contribution in [1.29, 1.82) is 0 Å². The Kier molecular flexibility index (Phi) is 4.24. The van der Waals surface area contributed by atoms with Crippen molar-refractivity contribution in [3.05, 3.63) is 29.3 Å². The van der Waals surface area contributed by atoms with Crippen LogP contribution in [0.5, 0.6) is 0 Å². The predicted molar refractivity (Wildman–Crippen MR) is 72.5 cm³/mol. The molecule has 0 atom stereocenters. The number of hydrogen-bond donors (Lipinski definition) is 2. The molecule has 1 aromatic rings. The standard InChI is InChI=1S/C11H16N2O2S2/c1-7(2)13-17(14,15)10-6-9(11(12)16)5-4-8(10)3/h4-7,13H,1-3H3,(H2,12,16). The van der Waals surface area contributed by atoms with Gasteiger partial charge in [0.2, 0.25) is 10.0 Å². The van der Waals surface area contributed by atoms with Crippen LogP contribution >= 0.6 is 12.2 Å². The molecule has 0 fully saturated rings. The molecule has 0 aliphatic rings. The largest absolute Gasteiger partial charge is 0.389 e. The Morgan fingerprint density at radius 2 is 2.00 bits per heavy atom. The van der Waals surface area contributed by atoms with Gasteiger partial charge in [0.05, 0.1) is 4.90 Å². The van der Waals surface area contributed by atoms with Crippen LogP contribution in [0.1, 0.15) is 25.0 Å². The molecule has 4 nitrogen and oxygen atoms in total. The van der Waals surface area contributed by atoms with Crippen LogP contribution in [-0.4, -0.2) is 19.4 Å². The van der Waals surface area contributed by atoms with Crippen molar-refractivity contribution in [3.63, 3.8) is 0 Å². The van der Waals surface area contributed by atoms with Crippen molar-refractivity contribution in [2.45, 2.75) is 31.7 Å². The van der Waals surface area contributed by atoms with Crippen molar-refractivity contribution in [2.75, 3.05) is 0 Å². The second-order valence-electron chi connectivity index (χ2n) is 4.12. The summed E-state index contributed by atoms with van der Waals surface area (Å²) in [6.07, 6.45) is 0. The number of aryl methyl sites for hydroxylation is 1. The number of nitrogens with two attached hydrogens (primary N) is 1. The minimum atomic E-state index is -3.51. The summed E-state index contributed by atoms with van der Waals surface area (Å²) in [6, 6.07) is 4.76. The maximum atomic E-state index is 12.0. The van der Waals surface area contributed by atoms with Crippen molar-refractivity contribution >= 4 is 27.2 Å². The van der Waals surface area contributed by atoms with E-state index in [4.69, 9.17) is 18.0 Å². The Labute approximate surface area is 107 Å². The molecule has 0 radical (unpaired) electrons. The van der Waals surface area contributed by atoms with E-state index in [9.17, 15) is 8.42 Å². The summed E-state index contributed by atoms with van der Waals surface area (Å²) >= 11 is 4.84. The van der Waals surface area contributed by atoms with Crippen LogP contribution in [-0.2, 0) is 10.0 Å². The van der Waals surface area contributed by atoms with Gasteiger partial charge in [0, 0.05) is 11.6 Å². The predicted octanol–water partition coefficient (Wildman–Crippen LogP) is 1.32. The zero-order chi connectivity index (χ0) is 13.2. The van der Waals surface area contributed by atoms with Crippen LogP contribution < -0.4 is 10.5 Å². The van der Waals surface area contributed by atoms with E-state index in [-0.39, 0.29) is 15.9 Å². The van der Waals surface area contributed by atoms with E-state index >= 15 is 0 Å². The Bertz CT molecular complexity index is 536. The minimum absolute atomic E-state index is 0.159. The maximum absolute atomic E-state index is 12.0. The van der Waals surface area contributed by atoms with Crippen LogP contribution in [0.25, 0.3) is 0 Å². The Balaban J connectivity index is 3.30. The summed E-state index contributed by atoms with van der Waals surface area (Å²) in [6.45, 7) is 5.27. The number of rotatable bonds is 4. The van der Waals surface area contributed by atoms with E-state index in [2.05, 4.69) is 4.72 Å². The highest BCUT2D eigenvalue weighted by Gasteiger charge is 2.18. The topological polar surface area (TPSA) is 72.2 Å². The monoisotopic (exact) mass is 272 g/mol. The molecule has 0 aromatic heterocycles. The lowest BCUT2D eigenvalue weighted by atomic mass is 10.1. The summed E-state index contributed by atoms with van der Waals surface area (Å²) in [7, 11) is -3.51. The number of nitrogens with one attached hydrogen (secondary N) is 1. The van der Waals surface area contributed by atoms with Gasteiger partial charge in [0.15, 0.2) is 0 Å². The average Bonchev–Trinajstić information content (AvgIpc) is 2.15. The van der Waals surface area contributed by atoms with Gasteiger partial charge in [0.25, 0.3) is 0 Å². The second-order valence-corrected chi connectivity index (χ2v) is 6.24. The van der Waals surface area contributed by atoms with Gasteiger partial charge >= 0.3 is 0 Å². The van der Waals surface area contributed by atoms with Crippen LogP contribution in [0.4, 0.5) is 0 Å². The Morgan fingerprint density at radius 1 is 1.41 bits per heavy atom. The molecule has 0 aliphatic carbocycles. The molecule has 6 heteroatoms. The van der Waals surface area contributed by atoms with E-state index < -0.39 is 10.0 Å². The highest BCUT2D eigenvalue weighted by Crippen LogP contribution is 2.17. The third kappa shape index (κ3) is 3.49. The SMILES string of the molecule is Cc1ccc(C(N)=S)cc1S(=O)(=O)NC(C)C. The molecule has 17 heavy (non-hydrogen) atoms. The quantitative estimate of drug-likeness (QED) is 0.811. The fourth-order valence-corrected chi connectivity index (χ4v) is 3.07. The summed E-state index contributed by atoms with van der Waals surface area (Å²) in [5.41, 5.74) is 6.71. The van der Waals surface area contributed by atoms with Crippen molar-refractivity contribution in [1.82, 2.24) is 4.72 Å². The first-order chi connectivity index (χ1) is 7.74. The number of benzene rings is 1. The van der Waals surface area contributed by atoms with Crippen molar-refractivity contribution in [3.8, 4) is 0 Å². The van der Waals surface area contributed by atoms with Gasteiger partial charge < -0.3 is 5.73 Å². The molecule has 0 heterocycles. The highest BCUT2D eigenvalue weighted by atomic mass is 32.2. The summed E-state index contributed by atoms with van der Waals surface area (Å²) < 4.78 is 26.6. The summed E-state index contributed by atoms with van der Waals surface area (Å²) in [5, 5.41) is 0. The zero-order valence-corrected chi connectivity index (χ0v) is 11.7. The minimum Gasteiger partial charge on any atom is -0.389 e. The lowest BCUT2D eigenvalue weighted by Gasteiger charge is -2.12. The molecular weight excluding hydrogens is 256 g/mol. The van der Waals surface area contributed by atoms with Gasteiger partial charge in [-0.15, -0.1) is 0 Å². The van der Waals surface area contributed by atoms with Gasteiger partial charge in [-0.2, -0.15) is 0 Å². The molecule has 1 rings (SSSR count). The van der Waals surface area contributed by atoms with Gasteiger partial charge in [-0.1, -0.05) is 24.4 Å². The lowest BCUT2D eigenvalue weighted by Crippen LogP contribution is -2.31. The molecule has 0 spiro atoms. The first kappa shape index (κ1) is 14.1. The molecule has 1 aromatic carbocycles.